The van der Waals surface area contributed by atoms with Crippen LogP contribution in [0.1, 0.15) is 28.7 Å². The van der Waals surface area contributed by atoms with E-state index in [2.05, 4.69) is 10.3 Å². The van der Waals surface area contributed by atoms with Gasteiger partial charge in [0.2, 0.25) is 5.91 Å². The third kappa shape index (κ3) is 3.79. The molecule has 25 heavy (non-hydrogen) atoms. The molecule has 0 bridgehead atoms. The van der Waals surface area contributed by atoms with Gasteiger partial charge in [0.1, 0.15) is 0 Å². The van der Waals surface area contributed by atoms with Crippen molar-refractivity contribution in [3.63, 3.8) is 0 Å². The number of fused-ring (bicyclic) bond motifs is 1. The van der Waals surface area contributed by atoms with E-state index in [-0.39, 0.29) is 17.9 Å². The molecule has 0 fully saturated rings. The zero-order chi connectivity index (χ0) is 18.0. The minimum Gasteiger partial charge on any atom is -0.326 e. The molecule has 4 heteroatoms. The maximum Gasteiger partial charge on any atom is 0.251 e. The smallest absolute Gasteiger partial charge is 0.251 e. The summed E-state index contributed by atoms with van der Waals surface area (Å²) in [6.07, 6.45) is 0.684. The Balaban J connectivity index is 1.73. The van der Waals surface area contributed by atoms with E-state index in [1.165, 1.54) is 0 Å². The molecule has 0 saturated heterocycles. The van der Waals surface area contributed by atoms with E-state index in [1.807, 2.05) is 63.2 Å². The summed E-state index contributed by atoms with van der Waals surface area (Å²) < 4.78 is 0. The summed E-state index contributed by atoms with van der Waals surface area (Å²) in [7, 11) is 0. The van der Waals surface area contributed by atoms with Gasteiger partial charge in [0.15, 0.2) is 0 Å². The van der Waals surface area contributed by atoms with E-state index in [0.717, 1.165) is 33.3 Å². The van der Waals surface area contributed by atoms with Crippen LogP contribution in [0, 0.1) is 20.8 Å². The molecule has 4 nitrogen and oxygen atoms in total. The molecule has 2 aromatic carbocycles. The Morgan fingerprint density at radius 3 is 2.48 bits per heavy atom. The Hall–Kier alpha value is -2.88. The second-order valence-corrected chi connectivity index (χ2v) is 6.51. The quantitative estimate of drug-likeness (QED) is 0.757. The molecule has 2 N–H and O–H groups in total. The van der Waals surface area contributed by atoms with Gasteiger partial charge in [-0.05, 0) is 61.9 Å². The van der Waals surface area contributed by atoms with Gasteiger partial charge in [0.05, 0.1) is 5.52 Å². The highest BCUT2D eigenvalue weighted by Gasteiger charge is 2.09. The number of nitrogens with one attached hydrogen (secondary N) is 2. The molecule has 1 heterocycles. The largest absolute Gasteiger partial charge is 0.326 e. The number of aryl methyl sites for hydroxylation is 4. The number of carbonyl (C=O) groups is 1. The lowest BCUT2D eigenvalue weighted by Crippen LogP contribution is -2.17. The van der Waals surface area contributed by atoms with Gasteiger partial charge in [-0.15, -0.1) is 0 Å². The van der Waals surface area contributed by atoms with E-state index in [0.29, 0.717) is 12.0 Å². The first-order chi connectivity index (χ1) is 11.9. The van der Waals surface area contributed by atoms with Crippen LogP contribution >= 0.6 is 0 Å². The Morgan fingerprint density at radius 1 is 1.04 bits per heavy atom. The van der Waals surface area contributed by atoms with Crippen LogP contribution in [0.2, 0.25) is 0 Å². The highest BCUT2D eigenvalue weighted by Crippen LogP contribution is 2.19. The molecule has 1 amide bonds. The summed E-state index contributed by atoms with van der Waals surface area (Å²) in [5.74, 6) is -0.0940. The molecule has 0 atom stereocenters. The number of aromatic amines is 1. The van der Waals surface area contributed by atoms with Crippen LogP contribution in [0.15, 0.2) is 47.3 Å². The number of benzene rings is 2. The second kappa shape index (κ2) is 6.93. The molecule has 0 saturated carbocycles. The number of anilines is 1. The summed E-state index contributed by atoms with van der Waals surface area (Å²) >= 11 is 0. The van der Waals surface area contributed by atoms with Crippen molar-refractivity contribution in [1.82, 2.24) is 4.98 Å². The number of carbonyl (C=O) groups excluding carboxylic acids is 1. The van der Waals surface area contributed by atoms with E-state index >= 15 is 0 Å². The molecular formula is C21H22N2O2. The van der Waals surface area contributed by atoms with Gasteiger partial charge < -0.3 is 10.3 Å². The van der Waals surface area contributed by atoms with E-state index < -0.39 is 0 Å². The van der Waals surface area contributed by atoms with Crippen molar-refractivity contribution in [3.05, 3.63) is 75.1 Å². The zero-order valence-electron chi connectivity index (χ0n) is 14.8. The van der Waals surface area contributed by atoms with Crippen LogP contribution in [0.25, 0.3) is 10.9 Å². The number of rotatable bonds is 4. The van der Waals surface area contributed by atoms with Gasteiger partial charge in [-0.2, -0.15) is 0 Å². The van der Waals surface area contributed by atoms with Crippen LogP contribution in [0.3, 0.4) is 0 Å². The Labute approximate surface area is 146 Å². The SMILES string of the molecule is Cc1ccc(NC(=O)CCc2cc3ccc(C)c(C)c3[nH]c2=O)cc1. The van der Waals surface area contributed by atoms with E-state index in [1.54, 1.807) is 0 Å². The lowest BCUT2D eigenvalue weighted by atomic mass is 10.0. The van der Waals surface area contributed by atoms with Gasteiger partial charge in [-0.25, -0.2) is 0 Å². The number of amides is 1. The van der Waals surface area contributed by atoms with Crippen molar-refractivity contribution in [2.45, 2.75) is 33.6 Å². The Bertz CT molecular complexity index is 985. The molecule has 0 radical (unpaired) electrons. The van der Waals surface area contributed by atoms with Crippen molar-refractivity contribution in [2.75, 3.05) is 5.32 Å². The average Bonchev–Trinajstić information content (AvgIpc) is 2.59. The fourth-order valence-electron chi connectivity index (χ4n) is 2.86. The maximum atomic E-state index is 12.3. The summed E-state index contributed by atoms with van der Waals surface area (Å²) in [5.41, 5.74) is 5.53. The molecule has 0 aliphatic carbocycles. The average molecular weight is 334 g/mol. The molecule has 0 aliphatic heterocycles. The summed E-state index contributed by atoms with van der Waals surface area (Å²) in [4.78, 5) is 27.4. The summed E-state index contributed by atoms with van der Waals surface area (Å²) in [5, 5.41) is 3.86. The third-order valence-corrected chi connectivity index (χ3v) is 4.58. The van der Waals surface area contributed by atoms with Crippen LogP contribution in [0.4, 0.5) is 5.69 Å². The van der Waals surface area contributed by atoms with Crippen LogP contribution in [-0.2, 0) is 11.2 Å². The molecule has 3 aromatic rings. The lowest BCUT2D eigenvalue weighted by molar-refractivity contribution is -0.116. The topological polar surface area (TPSA) is 62.0 Å². The third-order valence-electron chi connectivity index (χ3n) is 4.58. The number of hydrogen-bond donors (Lipinski definition) is 2. The van der Waals surface area contributed by atoms with Gasteiger partial charge in [-0.3, -0.25) is 9.59 Å². The second-order valence-electron chi connectivity index (χ2n) is 6.51. The minimum atomic E-state index is -0.121. The van der Waals surface area contributed by atoms with Crippen molar-refractivity contribution >= 4 is 22.5 Å². The van der Waals surface area contributed by atoms with Crippen LogP contribution < -0.4 is 10.9 Å². The van der Waals surface area contributed by atoms with Gasteiger partial charge >= 0.3 is 0 Å². The monoisotopic (exact) mass is 334 g/mol. The van der Waals surface area contributed by atoms with Crippen molar-refractivity contribution < 1.29 is 4.79 Å². The highest BCUT2D eigenvalue weighted by molar-refractivity contribution is 5.91. The normalized spacial score (nSPS) is 10.8. The number of H-pyrrole nitrogens is 1. The first-order valence-corrected chi connectivity index (χ1v) is 8.42. The highest BCUT2D eigenvalue weighted by atomic mass is 16.1. The lowest BCUT2D eigenvalue weighted by Gasteiger charge is -2.08. The van der Waals surface area contributed by atoms with Crippen molar-refractivity contribution in [2.24, 2.45) is 0 Å². The molecule has 128 valence electrons. The summed E-state index contributed by atoms with van der Waals surface area (Å²) in [6, 6.07) is 13.6. The van der Waals surface area contributed by atoms with Gasteiger partial charge in [0.25, 0.3) is 5.56 Å². The van der Waals surface area contributed by atoms with Crippen LogP contribution in [-0.4, -0.2) is 10.9 Å². The Kier molecular flexibility index (Phi) is 4.70. The van der Waals surface area contributed by atoms with Gasteiger partial charge in [0, 0.05) is 17.7 Å². The summed E-state index contributed by atoms with van der Waals surface area (Å²) in [6.45, 7) is 6.03. The molecular weight excluding hydrogens is 312 g/mol. The Morgan fingerprint density at radius 2 is 1.76 bits per heavy atom. The molecule has 0 spiro atoms. The molecule has 0 aliphatic rings. The van der Waals surface area contributed by atoms with E-state index in [4.69, 9.17) is 0 Å². The first-order valence-electron chi connectivity index (χ1n) is 8.42. The molecule has 1 aromatic heterocycles. The van der Waals surface area contributed by atoms with Crippen molar-refractivity contribution in [1.29, 1.82) is 0 Å². The fourth-order valence-corrected chi connectivity index (χ4v) is 2.86. The fraction of sp³-hybridized carbons (Fsp3) is 0.238. The number of aromatic nitrogens is 1. The zero-order valence-corrected chi connectivity index (χ0v) is 14.8. The first kappa shape index (κ1) is 17.0. The predicted octanol–water partition coefficient (Wildman–Crippen LogP) is 4.02. The van der Waals surface area contributed by atoms with Crippen molar-refractivity contribution in [3.8, 4) is 0 Å². The minimum absolute atomic E-state index is 0.0940. The molecule has 3 rings (SSSR count). The number of hydrogen-bond acceptors (Lipinski definition) is 2. The maximum absolute atomic E-state index is 12.3. The standard InChI is InChI=1S/C21H22N2O2/c1-13-4-9-18(10-5-13)22-19(24)11-8-17-12-16-7-6-14(2)15(3)20(16)23-21(17)25/h4-7,9-10,12H,8,11H2,1-3H3,(H,22,24)(H,23,25). The van der Waals surface area contributed by atoms with Crippen LogP contribution in [0.5, 0.6) is 0 Å². The number of pyridine rings is 1. The van der Waals surface area contributed by atoms with E-state index in [9.17, 15) is 9.59 Å². The molecule has 0 unspecified atom stereocenters. The van der Waals surface area contributed by atoms with Gasteiger partial charge in [-0.1, -0.05) is 29.8 Å². The predicted molar refractivity (Wildman–Crippen MR) is 102 cm³/mol.